The molecule has 1 N–H and O–H groups in total. The molecule has 0 aliphatic heterocycles. The normalized spacial score (nSPS) is 14.3. The number of carboxylic acids is 1. The number of hydrogen-bond donors (Lipinski definition) is 1. The number of benzene rings is 2. The van der Waals surface area contributed by atoms with Crippen LogP contribution in [0, 0.1) is 11.7 Å². The van der Waals surface area contributed by atoms with E-state index in [2.05, 4.69) is 15.9 Å². The number of nitrogens with zero attached hydrogens (tertiary/aromatic N) is 1. The second kappa shape index (κ2) is 7.70. The lowest BCUT2D eigenvalue weighted by atomic mass is 10.2. The number of hydrogen-bond acceptors (Lipinski definition) is 4. The Balaban J connectivity index is 1.81. The lowest BCUT2D eigenvalue weighted by Crippen LogP contribution is -2.32. The Morgan fingerprint density at radius 3 is 2.59 bits per heavy atom. The SMILES string of the molecule is O=C(O)c1ccc(S(=O)(=O)N(CCC2CC2)c2sc3ccccc3c2Br)c(F)c1. The van der Waals surface area contributed by atoms with Gasteiger partial charge < -0.3 is 5.11 Å². The predicted octanol–water partition coefficient (Wildman–Crippen LogP) is 5.50. The van der Waals surface area contributed by atoms with Crippen LogP contribution in [0.5, 0.6) is 0 Å². The first-order valence-corrected chi connectivity index (χ1v) is 12.1. The fourth-order valence-corrected chi connectivity index (χ4v) is 7.08. The van der Waals surface area contributed by atoms with E-state index in [1.807, 2.05) is 24.3 Å². The van der Waals surface area contributed by atoms with E-state index in [0.717, 1.165) is 41.1 Å². The summed E-state index contributed by atoms with van der Waals surface area (Å²) in [6.07, 6.45) is 2.83. The van der Waals surface area contributed by atoms with Gasteiger partial charge >= 0.3 is 5.97 Å². The van der Waals surface area contributed by atoms with Crippen LogP contribution in [-0.4, -0.2) is 26.0 Å². The molecule has 0 unspecified atom stereocenters. The second-order valence-corrected chi connectivity index (χ2v) is 10.6. The van der Waals surface area contributed by atoms with E-state index in [9.17, 15) is 17.6 Å². The van der Waals surface area contributed by atoms with Crippen LogP contribution in [0.2, 0.25) is 0 Å². The van der Waals surface area contributed by atoms with Gasteiger partial charge in [0, 0.05) is 16.6 Å². The Morgan fingerprint density at radius 2 is 1.97 bits per heavy atom. The quantitative estimate of drug-likeness (QED) is 0.467. The number of anilines is 1. The Hall–Kier alpha value is -1.97. The third-order valence-electron chi connectivity index (χ3n) is 4.93. The molecule has 2 aromatic carbocycles. The average molecular weight is 498 g/mol. The Kier molecular flexibility index (Phi) is 5.39. The van der Waals surface area contributed by atoms with Crippen LogP contribution < -0.4 is 4.31 Å². The molecule has 0 amide bonds. The maximum absolute atomic E-state index is 14.6. The van der Waals surface area contributed by atoms with Gasteiger partial charge in [0.15, 0.2) is 0 Å². The zero-order valence-electron chi connectivity index (χ0n) is 15.1. The predicted molar refractivity (Wildman–Crippen MR) is 115 cm³/mol. The molecule has 1 saturated carbocycles. The minimum Gasteiger partial charge on any atom is -0.478 e. The van der Waals surface area contributed by atoms with Gasteiger partial charge in [-0.15, -0.1) is 11.3 Å². The number of carboxylic acid groups (broad SMARTS) is 1. The zero-order valence-corrected chi connectivity index (χ0v) is 18.4. The summed E-state index contributed by atoms with van der Waals surface area (Å²) >= 11 is 4.85. The minimum atomic E-state index is -4.22. The topological polar surface area (TPSA) is 74.7 Å². The molecule has 29 heavy (non-hydrogen) atoms. The van der Waals surface area contributed by atoms with Gasteiger partial charge in [-0.1, -0.05) is 31.0 Å². The van der Waals surface area contributed by atoms with Crippen molar-refractivity contribution in [2.24, 2.45) is 5.92 Å². The molecular weight excluding hydrogens is 481 g/mol. The first kappa shape index (κ1) is 20.3. The Labute approximate surface area is 180 Å². The first-order chi connectivity index (χ1) is 13.8. The molecule has 1 fully saturated rings. The molecule has 5 nitrogen and oxygen atoms in total. The van der Waals surface area contributed by atoms with Gasteiger partial charge in [-0.05, 0) is 52.5 Å². The lowest BCUT2D eigenvalue weighted by molar-refractivity contribution is 0.0696. The standard InChI is InChI=1S/C20H17BrFNO4S2/c21-18-14-3-1-2-4-16(14)28-19(18)23(10-9-12-5-6-12)29(26,27)17-8-7-13(20(24)25)11-15(17)22/h1-4,7-8,11-12H,5-6,9-10H2,(H,24,25). The number of thiophene rings is 1. The monoisotopic (exact) mass is 497 g/mol. The van der Waals surface area contributed by atoms with E-state index in [1.54, 1.807) is 0 Å². The van der Waals surface area contributed by atoms with Crippen molar-refractivity contribution >= 4 is 58.3 Å². The van der Waals surface area contributed by atoms with Gasteiger partial charge in [0.2, 0.25) is 0 Å². The van der Waals surface area contributed by atoms with Crippen LogP contribution in [0.25, 0.3) is 10.1 Å². The highest BCUT2D eigenvalue weighted by Gasteiger charge is 2.33. The molecule has 0 spiro atoms. The van der Waals surface area contributed by atoms with Gasteiger partial charge in [-0.25, -0.2) is 17.6 Å². The smallest absolute Gasteiger partial charge is 0.335 e. The third kappa shape index (κ3) is 3.91. The van der Waals surface area contributed by atoms with Gasteiger partial charge in [0.05, 0.1) is 10.0 Å². The summed E-state index contributed by atoms with van der Waals surface area (Å²) in [5.41, 5.74) is -0.297. The van der Waals surface area contributed by atoms with Crippen molar-refractivity contribution in [2.75, 3.05) is 10.8 Å². The van der Waals surface area contributed by atoms with Gasteiger partial charge in [0.25, 0.3) is 10.0 Å². The second-order valence-electron chi connectivity index (χ2n) is 6.98. The van der Waals surface area contributed by atoms with Crippen LogP contribution in [0.1, 0.15) is 29.6 Å². The lowest BCUT2D eigenvalue weighted by Gasteiger charge is -2.24. The summed E-state index contributed by atoms with van der Waals surface area (Å²) < 4.78 is 44.3. The maximum Gasteiger partial charge on any atom is 0.335 e. The minimum absolute atomic E-state index is 0.235. The van der Waals surface area contributed by atoms with Crippen molar-refractivity contribution in [3.63, 3.8) is 0 Å². The van der Waals surface area contributed by atoms with E-state index < -0.39 is 26.7 Å². The fourth-order valence-electron chi connectivity index (χ4n) is 3.16. The Bertz CT molecular complexity index is 1200. The van der Waals surface area contributed by atoms with Crippen molar-refractivity contribution in [2.45, 2.75) is 24.2 Å². The largest absolute Gasteiger partial charge is 0.478 e. The molecule has 0 radical (unpaired) electrons. The molecule has 1 aromatic heterocycles. The number of sulfonamides is 1. The molecule has 0 atom stereocenters. The summed E-state index contributed by atoms with van der Waals surface area (Å²) in [5, 5.41) is 10.4. The van der Waals surface area contributed by atoms with Crippen LogP contribution in [-0.2, 0) is 10.0 Å². The summed E-state index contributed by atoms with van der Waals surface area (Å²) in [5.74, 6) is -1.90. The molecule has 9 heteroatoms. The zero-order chi connectivity index (χ0) is 20.8. The van der Waals surface area contributed by atoms with E-state index in [-0.39, 0.29) is 12.1 Å². The molecule has 152 valence electrons. The average Bonchev–Trinajstić information content (AvgIpc) is 3.45. The van der Waals surface area contributed by atoms with Crippen molar-refractivity contribution in [1.82, 2.24) is 0 Å². The molecule has 1 aliphatic rings. The summed E-state index contributed by atoms with van der Waals surface area (Å²) in [6.45, 7) is 0.235. The summed E-state index contributed by atoms with van der Waals surface area (Å²) in [4.78, 5) is 10.5. The van der Waals surface area contributed by atoms with Gasteiger partial charge in [-0.3, -0.25) is 4.31 Å². The van der Waals surface area contributed by atoms with E-state index >= 15 is 0 Å². The van der Waals surface area contributed by atoms with E-state index in [4.69, 9.17) is 5.11 Å². The molecule has 0 saturated heterocycles. The van der Waals surface area contributed by atoms with E-state index in [1.165, 1.54) is 15.6 Å². The number of aromatic carboxylic acids is 1. The van der Waals surface area contributed by atoms with Crippen LogP contribution in [0.3, 0.4) is 0 Å². The van der Waals surface area contributed by atoms with Crippen molar-refractivity contribution < 1.29 is 22.7 Å². The van der Waals surface area contributed by atoms with Gasteiger partial charge in [-0.2, -0.15) is 0 Å². The highest BCUT2D eigenvalue weighted by Crippen LogP contribution is 2.45. The first-order valence-electron chi connectivity index (χ1n) is 9.01. The number of carbonyl (C=O) groups is 1. The number of rotatable bonds is 7. The Morgan fingerprint density at radius 1 is 1.24 bits per heavy atom. The molecule has 1 aliphatic carbocycles. The highest BCUT2D eigenvalue weighted by atomic mass is 79.9. The van der Waals surface area contributed by atoms with Crippen molar-refractivity contribution in [1.29, 1.82) is 0 Å². The summed E-state index contributed by atoms with van der Waals surface area (Å²) in [6, 6.07) is 10.4. The fraction of sp³-hybridized carbons (Fsp3) is 0.250. The van der Waals surface area contributed by atoms with Gasteiger partial charge in [0.1, 0.15) is 15.7 Å². The third-order valence-corrected chi connectivity index (χ3v) is 9.14. The molecule has 3 aromatic rings. The summed E-state index contributed by atoms with van der Waals surface area (Å²) in [7, 11) is -4.22. The molecule has 4 rings (SSSR count). The van der Waals surface area contributed by atoms with Crippen molar-refractivity contribution in [3.05, 3.63) is 58.3 Å². The van der Waals surface area contributed by atoms with E-state index in [0.29, 0.717) is 21.8 Å². The molecular formula is C20H17BrFNO4S2. The number of fused-ring (bicyclic) bond motifs is 1. The molecule has 0 bridgehead atoms. The van der Waals surface area contributed by atoms with Crippen LogP contribution >= 0.6 is 27.3 Å². The van der Waals surface area contributed by atoms with Crippen LogP contribution in [0.4, 0.5) is 9.39 Å². The van der Waals surface area contributed by atoms with Crippen LogP contribution in [0.15, 0.2) is 51.8 Å². The highest BCUT2D eigenvalue weighted by molar-refractivity contribution is 9.10. The maximum atomic E-state index is 14.6. The van der Waals surface area contributed by atoms with Crippen molar-refractivity contribution in [3.8, 4) is 0 Å². The molecule has 1 heterocycles. The number of halogens is 2.